The van der Waals surface area contributed by atoms with E-state index in [1.807, 2.05) is 40.6 Å². The summed E-state index contributed by atoms with van der Waals surface area (Å²) in [6, 6.07) is 9.60. The summed E-state index contributed by atoms with van der Waals surface area (Å²) in [5.74, 6) is 0.137. The van der Waals surface area contributed by atoms with Crippen molar-refractivity contribution in [2.24, 2.45) is 0 Å². The summed E-state index contributed by atoms with van der Waals surface area (Å²) < 4.78 is 0. The Morgan fingerprint density at radius 1 is 1.04 bits per heavy atom. The van der Waals surface area contributed by atoms with Crippen LogP contribution >= 0.6 is 11.3 Å². The van der Waals surface area contributed by atoms with Crippen molar-refractivity contribution in [3.8, 4) is 0 Å². The summed E-state index contributed by atoms with van der Waals surface area (Å²) in [7, 11) is 2.07. The van der Waals surface area contributed by atoms with Gasteiger partial charge in [-0.2, -0.15) is 11.3 Å². The van der Waals surface area contributed by atoms with Crippen LogP contribution in [-0.4, -0.2) is 54.8 Å². The first-order valence-electron chi connectivity index (χ1n) is 8.96. The first-order valence-corrected chi connectivity index (χ1v) is 9.90. The van der Waals surface area contributed by atoms with Crippen molar-refractivity contribution in [3.63, 3.8) is 0 Å². The minimum Gasteiger partial charge on any atom is -0.352 e. The van der Waals surface area contributed by atoms with Gasteiger partial charge in [0.25, 0.3) is 5.91 Å². The summed E-state index contributed by atoms with van der Waals surface area (Å²) in [6.07, 6.45) is 1.27. The van der Waals surface area contributed by atoms with E-state index in [9.17, 15) is 9.59 Å². The van der Waals surface area contributed by atoms with E-state index in [2.05, 4.69) is 22.6 Å². The lowest BCUT2D eigenvalue weighted by molar-refractivity contribution is -0.121. The molecule has 0 unspecified atom stereocenters. The lowest BCUT2D eigenvalue weighted by Gasteiger charge is -2.32. The van der Waals surface area contributed by atoms with E-state index < -0.39 is 0 Å². The van der Waals surface area contributed by atoms with Gasteiger partial charge in [0.05, 0.1) is 0 Å². The van der Waals surface area contributed by atoms with E-state index >= 15 is 0 Å². The van der Waals surface area contributed by atoms with Gasteiger partial charge in [-0.15, -0.1) is 0 Å². The quantitative estimate of drug-likeness (QED) is 0.848. The normalized spacial score (nSPS) is 15.0. The molecule has 2 heterocycles. The van der Waals surface area contributed by atoms with Crippen molar-refractivity contribution in [1.82, 2.24) is 15.1 Å². The number of carbonyl (C=O) groups excluding carboxylic acids is 2. The molecule has 6 heteroatoms. The molecule has 2 aromatic rings. The zero-order valence-electron chi connectivity index (χ0n) is 15.1. The molecule has 1 aromatic heterocycles. The van der Waals surface area contributed by atoms with Crippen LogP contribution < -0.4 is 5.32 Å². The van der Waals surface area contributed by atoms with Gasteiger partial charge in [-0.25, -0.2) is 0 Å². The SMILES string of the molecule is CN1CCN(C(=O)c2ccc(CNC(=O)CCc3ccsc3)cc2)CC1. The van der Waals surface area contributed by atoms with Crippen molar-refractivity contribution in [3.05, 3.63) is 57.8 Å². The van der Waals surface area contributed by atoms with Gasteiger partial charge in [0.15, 0.2) is 0 Å². The molecule has 3 rings (SSSR count). The third-order valence-corrected chi connectivity index (χ3v) is 5.43. The lowest BCUT2D eigenvalue weighted by atomic mass is 10.1. The number of likely N-dealkylation sites (N-methyl/N-ethyl adjacent to an activating group) is 1. The minimum atomic E-state index is 0.0498. The van der Waals surface area contributed by atoms with E-state index in [1.54, 1.807) is 11.3 Å². The van der Waals surface area contributed by atoms with E-state index in [0.29, 0.717) is 18.5 Å². The van der Waals surface area contributed by atoms with E-state index in [1.165, 1.54) is 5.56 Å². The molecule has 0 saturated carbocycles. The van der Waals surface area contributed by atoms with Gasteiger partial charge in [0.2, 0.25) is 5.91 Å². The maximum absolute atomic E-state index is 12.5. The molecule has 1 aliphatic rings. The molecule has 1 fully saturated rings. The van der Waals surface area contributed by atoms with Crippen LogP contribution in [0.3, 0.4) is 0 Å². The fraction of sp³-hybridized carbons (Fsp3) is 0.400. The minimum absolute atomic E-state index is 0.0498. The first-order chi connectivity index (χ1) is 12.6. The van der Waals surface area contributed by atoms with Crippen molar-refractivity contribution in [2.45, 2.75) is 19.4 Å². The Morgan fingerprint density at radius 3 is 2.42 bits per heavy atom. The molecule has 1 saturated heterocycles. The fourth-order valence-corrected chi connectivity index (χ4v) is 3.64. The summed E-state index contributed by atoms with van der Waals surface area (Å²) in [5.41, 5.74) is 2.92. The van der Waals surface area contributed by atoms with E-state index in [0.717, 1.165) is 38.2 Å². The Kier molecular flexibility index (Phi) is 6.41. The Morgan fingerprint density at radius 2 is 1.77 bits per heavy atom. The van der Waals surface area contributed by atoms with Crippen molar-refractivity contribution in [1.29, 1.82) is 0 Å². The number of aryl methyl sites for hydroxylation is 1. The van der Waals surface area contributed by atoms with Crippen LogP contribution in [0, 0.1) is 0 Å². The number of benzene rings is 1. The number of hydrogen-bond donors (Lipinski definition) is 1. The molecule has 2 amide bonds. The Balaban J connectivity index is 1.45. The van der Waals surface area contributed by atoms with Gasteiger partial charge >= 0.3 is 0 Å². The van der Waals surface area contributed by atoms with Crippen molar-refractivity contribution in [2.75, 3.05) is 33.2 Å². The highest BCUT2D eigenvalue weighted by Gasteiger charge is 2.20. The zero-order valence-corrected chi connectivity index (χ0v) is 15.9. The molecular weight excluding hydrogens is 346 g/mol. The average Bonchev–Trinajstić information content (AvgIpc) is 3.19. The number of rotatable bonds is 6. The van der Waals surface area contributed by atoms with Crippen LogP contribution in [0.1, 0.15) is 27.9 Å². The monoisotopic (exact) mass is 371 g/mol. The standard InChI is InChI=1S/C20H25N3O2S/c1-22-9-11-23(12-10-22)20(25)18-5-2-16(3-6-18)14-21-19(24)7-4-17-8-13-26-15-17/h2-3,5-6,8,13,15H,4,7,9-12,14H2,1H3,(H,21,24). The van der Waals surface area contributed by atoms with Crippen molar-refractivity contribution >= 4 is 23.2 Å². The lowest BCUT2D eigenvalue weighted by Crippen LogP contribution is -2.47. The predicted molar refractivity (Wildman–Crippen MR) is 104 cm³/mol. The maximum Gasteiger partial charge on any atom is 0.253 e. The average molecular weight is 372 g/mol. The van der Waals surface area contributed by atoms with Crippen LogP contribution in [0.4, 0.5) is 0 Å². The first kappa shape index (κ1) is 18.6. The highest BCUT2D eigenvalue weighted by Crippen LogP contribution is 2.11. The van der Waals surface area contributed by atoms with Gasteiger partial charge in [-0.3, -0.25) is 9.59 Å². The molecule has 138 valence electrons. The molecule has 0 spiro atoms. The number of thiophene rings is 1. The van der Waals surface area contributed by atoms with E-state index in [4.69, 9.17) is 0 Å². The number of hydrogen-bond acceptors (Lipinski definition) is 4. The van der Waals surface area contributed by atoms with Crippen molar-refractivity contribution < 1.29 is 9.59 Å². The predicted octanol–water partition coefficient (Wildman–Crippen LogP) is 2.38. The third-order valence-electron chi connectivity index (χ3n) is 4.70. The molecule has 0 bridgehead atoms. The molecule has 5 nitrogen and oxygen atoms in total. The Bertz CT molecular complexity index is 720. The molecule has 1 aliphatic heterocycles. The molecule has 0 atom stereocenters. The smallest absolute Gasteiger partial charge is 0.253 e. The molecular formula is C20H25N3O2S. The topological polar surface area (TPSA) is 52.6 Å². The molecule has 0 radical (unpaired) electrons. The van der Waals surface area contributed by atoms with Crippen LogP contribution in [0.5, 0.6) is 0 Å². The number of piperazine rings is 1. The third kappa shape index (κ3) is 5.16. The van der Waals surface area contributed by atoms with Gasteiger partial charge < -0.3 is 15.1 Å². The van der Waals surface area contributed by atoms with Crippen LogP contribution in [0.25, 0.3) is 0 Å². The second-order valence-corrected chi connectivity index (χ2v) is 7.48. The second-order valence-electron chi connectivity index (χ2n) is 6.70. The summed E-state index contributed by atoms with van der Waals surface area (Å²) in [4.78, 5) is 28.6. The van der Waals surface area contributed by atoms with Crippen LogP contribution in [0.2, 0.25) is 0 Å². The van der Waals surface area contributed by atoms with Gasteiger partial charge in [-0.1, -0.05) is 12.1 Å². The van der Waals surface area contributed by atoms with E-state index in [-0.39, 0.29) is 11.8 Å². The summed E-state index contributed by atoms with van der Waals surface area (Å²) in [5, 5.41) is 7.04. The number of carbonyl (C=O) groups is 2. The second kappa shape index (κ2) is 8.96. The Hall–Kier alpha value is -2.18. The van der Waals surface area contributed by atoms with Crippen LogP contribution in [-0.2, 0) is 17.8 Å². The Labute approximate surface area is 158 Å². The fourth-order valence-electron chi connectivity index (χ4n) is 2.94. The van der Waals surface area contributed by atoms with Gasteiger partial charge in [0, 0.05) is 44.7 Å². The summed E-state index contributed by atoms with van der Waals surface area (Å²) in [6.45, 7) is 3.88. The molecule has 0 aliphatic carbocycles. The molecule has 1 aromatic carbocycles. The molecule has 26 heavy (non-hydrogen) atoms. The number of amides is 2. The highest BCUT2D eigenvalue weighted by molar-refractivity contribution is 7.07. The zero-order chi connectivity index (χ0) is 18.4. The van der Waals surface area contributed by atoms with Crippen LogP contribution in [0.15, 0.2) is 41.1 Å². The maximum atomic E-state index is 12.5. The highest BCUT2D eigenvalue weighted by atomic mass is 32.1. The van der Waals surface area contributed by atoms with Gasteiger partial charge in [-0.05, 0) is 53.6 Å². The summed E-state index contributed by atoms with van der Waals surface area (Å²) >= 11 is 1.65. The molecule has 1 N–H and O–H groups in total. The van der Waals surface area contributed by atoms with Gasteiger partial charge in [0.1, 0.15) is 0 Å². The number of nitrogens with one attached hydrogen (secondary N) is 1. The largest absolute Gasteiger partial charge is 0.352 e. The number of nitrogens with zero attached hydrogens (tertiary/aromatic N) is 2.